The lowest BCUT2D eigenvalue weighted by Gasteiger charge is -2.21. The van der Waals surface area contributed by atoms with E-state index in [1.807, 2.05) is 0 Å². The fourth-order valence-electron chi connectivity index (χ4n) is 11.5. The molecule has 0 bridgehead atoms. The predicted molar refractivity (Wildman–Crippen MR) is 381 cm³/mol. The molecule has 0 amide bonds. The van der Waals surface area contributed by atoms with Gasteiger partial charge in [-0.15, -0.1) is 0 Å². The van der Waals surface area contributed by atoms with Crippen LogP contribution in [0, 0.1) is 11.8 Å². The van der Waals surface area contributed by atoms with Crippen molar-refractivity contribution in [3.63, 3.8) is 0 Å². The van der Waals surface area contributed by atoms with Crippen LogP contribution in [0.4, 0.5) is 0 Å². The Hall–Kier alpha value is -1.94. The molecular formula is C75H146O17P2. The van der Waals surface area contributed by atoms with E-state index >= 15 is 0 Å². The van der Waals surface area contributed by atoms with Crippen molar-refractivity contribution in [3.8, 4) is 0 Å². The molecule has 0 spiro atoms. The Labute approximate surface area is 575 Å². The number of esters is 4. The van der Waals surface area contributed by atoms with E-state index in [4.69, 9.17) is 37.0 Å². The van der Waals surface area contributed by atoms with Gasteiger partial charge in [0, 0.05) is 25.7 Å². The van der Waals surface area contributed by atoms with Crippen molar-refractivity contribution < 1.29 is 80.2 Å². The van der Waals surface area contributed by atoms with E-state index in [0.29, 0.717) is 25.7 Å². The molecule has 94 heavy (non-hydrogen) atoms. The predicted octanol–water partition coefficient (Wildman–Crippen LogP) is 21.9. The zero-order valence-electron chi connectivity index (χ0n) is 61.3. The van der Waals surface area contributed by atoms with Crippen molar-refractivity contribution in [2.45, 2.75) is 407 Å². The van der Waals surface area contributed by atoms with Crippen LogP contribution in [-0.2, 0) is 65.4 Å². The molecule has 0 radical (unpaired) electrons. The smallest absolute Gasteiger partial charge is 0.462 e. The minimum atomic E-state index is -4.96. The van der Waals surface area contributed by atoms with Crippen LogP contribution >= 0.6 is 15.6 Å². The highest BCUT2D eigenvalue weighted by Crippen LogP contribution is 2.45. The molecule has 17 nitrogen and oxygen atoms in total. The van der Waals surface area contributed by atoms with Gasteiger partial charge < -0.3 is 33.8 Å². The number of hydrogen-bond acceptors (Lipinski definition) is 15. The van der Waals surface area contributed by atoms with Gasteiger partial charge in [-0.25, -0.2) is 9.13 Å². The number of rotatable bonds is 74. The van der Waals surface area contributed by atoms with Gasteiger partial charge in [0.05, 0.1) is 26.4 Å². The Morgan fingerprint density at radius 1 is 0.287 bits per heavy atom. The molecule has 0 aliphatic rings. The monoisotopic (exact) mass is 1380 g/mol. The van der Waals surface area contributed by atoms with Crippen LogP contribution in [0.1, 0.15) is 388 Å². The van der Waals surface area contributed by atoms with Crippen LogP contribution in [0.3, 0.4) is 0 Å². The van der Waals surface area contributed by atoms with Crippen LogP contribution in [0.25, 0.3) is 0 Å². The SMILES string of the molecule is CCCCCCCCCCCCCCCCC(=O)O[C@H](COC(=O)CCCCCCCCCC)COP(=O)(O)OC[C@H](O)COP(=O)(O)OC[C@@H](COC(=O)CCCCCCCCCCCCCCC(C)C)OC(=O)CCCCCCCCCCCCCCCCC(C)C. The van der Waals surface area contributed by atoms with Crippen LogP contribution in [0.5, 0.6) is 0 Å². The highest BCUT2D eigenvalue weighted by Gasteiger charge is 2.30. The van der Waals surface area contributed by atoms with Gasteiger partial charge in [0.15, 0.2) is 12.2 Å². The van der Waals surface area contributed by atoms with Crippen molar-refractivity contribution in [1.29, 1.82) is 0 Å². The largest absolute Gasteiger partial charge is 0.472 e. The van der Waals surface area contributed by atoms with Crippen molar-refractivity contribution in [3.05, 3.63) is 0 Å². The van der Waals surface area contributed by atoms with Crippen molar-refractivity contribution in [1.82, 2.24) is 0 Å². The third-order valence-electron chi connectivity index (χ3n) is 17.5. The molecule has 0 fully saturated rings. The summed E-state index contributed by atoms with van der Waals surface area (Å²) in [6.45, 7) is 9.60. The van der Waals surface area contributed by atoms with Gasteiger partial charge in [0.2, 0.25) is 0 Å². The second-order valence-electron chi connectivity index (χ2n) is 28.0. The maximum atomic E-state index is 13.1. The Bertz CT molecular complexity index is 1820. The van der Waals surface area contributed by atoms with E-state index in [-0.39, 0.29) is 25.7 Å². The van der Waals surface area contributed by atoms with Gasteiger partial charge in [-0.2, -0.15) is 0 Å². The van der Waals surface area contributed by atoms with Gasteiger partial charge in [0.25, 0.3) is 0 Å². The molecular weight excluding hydrogens is 1230 g/mol. The van der Waals surface area contributed by atoms with Crippen LogP contribution in [-0.4, -0.2) is 96.7 Å². The number of carbonyl (C=O) groups is 4. The Balaban J connectivity index is 5.22. The van der Waals surface area contributed by atoms with Crippen LogP contribution < -0.4 is 0 Å². The second kappa shape index (κ2) is 66.9. The summed E-state index contributed by atoms with van der Waals surface area (Å²) in [6.07, 6.45) is 54.0. The molecule has 0 saturated carbocycles. The molecule has 0 aromatic heterocycles. The lowest BCUT2D eigenvalue weighted by molar-refractivity contribution is -0.161. The summed E-state index contributed by atoms with van der Waals surface area (Å²) in [6, 6.07) is 0. The molecule has 0 heterocycles. The van der Waals surface area contributed by atoms with E-state index in [1.54, 1.807) is 0 Å². The number of phosphoric acid groups is 2. The van der Waals surface area contributed by atoms with E-state index in [2.05, 4.69) is 41.5 Å². The average molecular weight is 1380 g/mol. The zero-order chi connectivity index (χ0) is 69.3. The quantitative estimate of drug-likeness (QED) is 0.0222. The first-order chi connectivity index (χ1) is 45.4. The van der Waals surface area contributed by atoms with E-state index in [9.17, 15) is 43.2 Å². The summed E-state index contributed by atoms with van der Waals surface area (Å²) in [5.41, 5.74) is 0. The third-order valence-corrected chi connectivity index (χ3v) is 19.4. The lowest BCUT2D eigenvalue weighted by atomic mass is 10.0. The molecule has 558 valence electrons. The number of phosphoric ester groups is 2. The van der Waals surface area contributed by atoms with Crippen molar-refractivity contribution >= 4 is 39.5 Å². The minimum absolute atomic E-state index is 0.108. The average Bonchev–Trinajstić information content (AvgIpc) is 1.66. The highest BCUT2D eigenvalue weighted by atomic mass is 31.2. The number of aliphatic hydroxyl groups is 1. The molecule has 0 saturated heterocycles. The third kappa shape index (κ3) is 68.6. The summed E-state index contributed by atoms with van der Waals surface area (Å²) < 4.78 is 68.4. The molecule has 0 aromatic rings. The maximum absolute atomic E-state index is 13.1. The molecule has 3 N–H and O–H groups in total. The van der Waals surface area contributed by atoms with E-state index < -0.39 is 97.5 Å². The van der Waals surface area contributed by atoms with Gasteiger partial charge in [-0.3, -0.25) is 37.3 Å². The highest BCUT2D eigenvalue weighted by molar-refractivity contribution is 7.47. The molecule has 0 rings (SSSR count). The Morgan fingerprint density at radius 2 is 0.489 bits per heavy atom. The Kier molecular flexibility index (Phi) is 65.5. The molecule has 0 aliphatic heterocycles. The van der Waals surface area contributed by atoms with Crippen molar-refractivity contribution in [2.75, 3.05) is 39.6 Å². The number of unbranched alkanes of at least 4 members (excludes halogenated alkanes) is 44. The summed E-state index contributed by atoms with van der Waals surface area (Å²) in [4.78, 5) is 72.7. The zero-order valence-corrected chi connectivity index (χ0v) is 63.1. The fraction of sp³-hybridized carbons (Fsp3) is 0.947. The number of aliphatic hydroxyl groups excluding tert-OH is 1. The van der Waals surface area contributed by atoms with E-state index in [1.165, 1.54) is 199 Å². The maximum Gasteiger partial charge on any atom is 0.472 e. The van der Waals surface area contributed by atoms with Gasteiger partial charge >= 0.3 is 39.5 Å². The molecule has 0 aromatic carbocycles. The summed E-state index contributed by atoms with van der Waals surface area (Å²) in [5.74, 6) is -0.540. The summed E-state index contributed by atoms with van der Waals surface area (Å²) in [5, 5.41) is 10.6. The first-order valence-electron chi connectivity index (χ1n) is 39.0. The second-order valence-corrected chi connectivity index (χ2v) is 30.9. The first-order valence-corrected chi connectivity index (χ1v) is 42.0. The number of carbonyl (C=O) groups excluding carboxylic acids is 4. The summed E-state index contributed by atoms with van der Waals surface area (Å²) >= 11 is 0. The van der Waals surface area contributed by atoms with Gasteiger partial charge in [-0.1, -0.05) is 337 Å². The summed E-state index contributed by atoms with van der Waals surface area (Å²) in [7, 11) is -9.91. The van der Waals surface area contributed by atoms with Gasteiger partial charge in [0.1, 0.15) is 19.3 Å². The van der Waals surface area contributed by atoms with Gasteiger partial charge in [-0.05, 0) is 37.5 Å². The molecule has 19 heteroatoms. The minimum Gasteiger partial charge on any atom is -0.462 e. The number of ether oxygens (including phenoxy) is 4. The molecule has 0 aliphatic carbocycles. The lowest BCUT2D eigenvalue weighted by Crippen LogP contribution is -2.30. The van der Waals surface area contributed by atoms with E-state index in [0.717, 1.165) is 108 Å². The molecule has 2 unspecified atom stereocenters. The van der Waals surface area contributed by atoms with Crippen molar-refractivity contribution in [2.24, 2.45) is 11.8 Å². The normalized spacial score (nSPS) is 14.0. The standard InChI is InChI=1S/C75H146O17P2/c1-7-9-11-13-15-17-18-19-23-30-35-41-47-53-59-74(79)91-70(63-85-72(77)57-51-45-39-16-14-12-10-8-2)65-89-93(81,82)87-61-69(76)62-88-94(83,84)90-66-71(64-86-73(78)58-52-46-40-34-29-26-25-28-33-38-44-50-56-68(5)6)92-75(80)60-54-48-42-36-31-24-21-20-22-27-32-37-43-49-55-67(3)4/h67-71,76H,7-66H2,1-6H3,(H,81,82)(H,83,84)/t69-,70+,71+/m0/s1. The molecule has 5 atom stereocenters. The first kappa shape index (κ1) is 92.1. The number of hydrogen-bond donors (Lipinski definition) is 3. The van der Waals surface area contributed by atoms with Crippen LogP contribution in [0.15, 0.2) is 0 Å². The fourth-order valence-corrected chi connectivity index (χ4v) is 13.1. The van der Waals surface area contributed by atoms with Crippen LogP contribution in [0.2, 0.25) is 0 Å². The topological polar surface area (TPSA) is 237 Å². The Morgan fingerprint density at radius 3 is 0.723 bits per heavy atom.